The van der Waals surface area contributed by atoms with E-state index < -0.39 is 10.0 Å². The van der Waals surface area contributed by atoms with Gasteiger partial charge in [-0.3, -0.25) is 4.90 Å². The Balaban J connectivity index is 1.63. The van der Waals surface area contributed by atoms with Gasteiger partial charge < -0.3 is 5.32 Å². The van der Waals surface area contributed by atoms with Gasteiger partial charge in [0.1, 0.15) is 0 Å². The average Bonchev–Trinajstić information content (AvgIpc) is 3.23. The summed E-state index contributed by atoms with van der Waals surface area (Å²) in [4.78, 5) is 2.54. The van der Waals surface area contributed by atoms with Gasteiger partial charge in [0.05, 0.1) is 6.26 Å². The SMILES string of the molecule is CCN(CCNCC1CCCN(S(C)(=O)=O)C1)C1CC1. The Hall–Kier alpha value is -0.170. The third-order valence-corrected chi connectivity index (χ3v) is 5.70. The second-order valence-corrected chi connectivity index (χ2v) is 8.18. The van der Waals surface area contributed by atoms with E-state index in [0.29, 0.717) is 19.0 Å². The van der Waals surface area contributed by atoms with Gasteiger partial charge in [-0.1, -0.05) is 6.92 Å². The summed E-state index contributed by atoms with van der Waals surface area (Å²) in [5.74, 6) is 0.467. The highest BCUT2D eigenvalue weighted by atomic mass is 32.2. The van der Waals surface area contributed by atoms with Crippen molar-refractivity contribution >= 4 is 10.0 Å². The van der Waals surface area contributed by atoms with Crippen LogP contribution >= 0.6 is 0 Å². The van der Waals surface area contributed by atoms with Crippen LogP contribution in [0.25, 0.3) is 0 Å². The number of hydrogen-bond acceptors (Lipinski definition) is 4. The van der Waals surface area contributed by atoms with Crippen molar-refractivity contribution in [2.45, 2.75) is 38.6 Å². The third-order valence-electron chi connectivity index (χ3n) is 4.43. The Morgan fingerprint density at radius 2 is 2.05 bits per heavy atom. The van der Waals surface area contributed by atoms with Crippen LogP contribution in [0.4, 0.5) is 0 Å². The van der Waals surface area contributed by atoms with Crippen molar-refractivity contribution in [1.82, 2.24) is 14.5 Å². The van der Waals surface area contributed by atoms with Gasteiger partial charge in [-0.25, -0.2) is 12.7 Å². The molecule has 20 heavy (non-hydrogen) atoms. The quantitative estimate of drug-likeness (QED) is 0.672. The predicted molar refractivity (Wildman–Crippen MR) is 82.3 cm³/mol. The van der Waals surface area contributed by atoms with Crippen LogP contribution < -0.4 is 5.32 Å². The monoisotopic (exact) mass is 303 g/mol. The summed E-state index contributed by atoms with van der Waals surface area (Å²) >= 11 is 0. The molecule has 2 rings (SSSR count). The minimum atomic E-state index is -3.01. The molecule has 1 heterocycles. The van der Waals surface area contributed by atoms with Crippen molar-refractivity contribution in [1.29, 1.82) is 0 Å². The van der Waals surface area contributed by atoms with Gasteiger partial charge in [-0.2, -0.15) is 0 Å². The second-order valence-electron chi connectivity index (χ2n) is 6.19. The van der Waals surface area contributed by atoms with Crippen molar-refractivity contribution in [3.05, 3.63) is 0 Å². The molecule has 1 aliphatic carbocycles. The molecule has 2 aliphatic rings. The molecular formula is C14H29N3O2S. The highest BCUT2D eigenvalue weighted by Crippen LogP contribution is 2.25. The number of piperidine rings is 1. The maximum absolute atomic E-state index is 11.6. The molecule has 1 saturated heterocycles. The van der Waals surface area contributed by atoms with Crippen LogP contribution in [0, 0.1) is 5.92 Å². The van der Waals surface area contributed by atoms with Crippen LogP contribution in [0.3, 0.4) is 0 Å². The highest BCUT2D eigenvalue weighted by Gasteiger charge is 2.28. The number of nitrogens with one attached hydrogen (secondary N) is 1. The first-order valence-corrected chi connectivity index (χ1v) is 9.75. The molecule has 0 aromatic rings. The van der Waals surface area contributed by atoms with Gasteiger partial charge in [-0.05, 0) is 44.7 Å². The number of likely N-dealkylation sites (N-methyl/N-ethyl adjacent to an activating group) is 1. The molecule has 5 nitrogen and oxygen atoms in total. The fourth-order valence-electron chi connectivity index (χ4n) is 3.06. The summed E-state index contributed by atoms with van der Waals surface area (Å²) in [6.45, 7) is 7.81. The lowest BCUT2D eigenvalue weighted by Gasteiger charge is -2.31. The Morgan fingerprint density at radius 3 is 2.65 bits per heavy atom. The minimum absolute atomic E-state index is 0.467. The largest absolute Gasteiger partial charge is 0.315 e. The van der Waals surface area contributed by atoms with Gasteiger partial charge in [-0.15, -0.1) is 0 Å². The van der Waals surface area contributed by atoms with Crippen LogP contribution in [0.1, 0.15) is 32.6 Å². The van der Waals surface area contributed by atoms with Gasteiger partial charge in [0.2, 0.25) is 10.0 Å². The van der Waals surface area contributed by atoms with E-state index in [4.69, 9.17) is 0 Å². The molecular weight excluding hydrogens is 274 g/mol. The van der Waals surface area contributed by atoms with Crippen LogP contribution in [0.5, 0.6) is 0 Å². The lowest BCUT2D eigenvalue weighted by Crippen LogP contribution is -2.43. The molecule has 1 aliphatic heterocycles. The van der Waals surface area contributed by atoms with E-state index in [-0.39, 0.29) is 0 Å². The van der Waals surface area contributed by atoms with E-state index >= 15 is 0 Å². The molecule has 1 saturated carbocycles. The van der Waals surface area contributed by atoms with Crippen molar-refractivity contribution < 1.29 is 8.42 Å². The minimum Gasteiger partial charge on any atom is -0.315 e. The molecule has 118 valence electrons. The van der Waals surface area contributed by atoms with Gasteiger partial charge >= 0.3 is 0 Å². The van der Waals surface area contributed by atoms with E-state index in [1.54, 1.807) is 4.31 Å². The van der Waals surface area contributed by atoms with Crippen LogP contribution in [0.2, 0.25) is 0 Å². The van der Waals surface area contributed by atoms with E-state index in [2.05, 4.69) is 17.1 Å². The van der Waals surface area contributed by atoms with Crippen LogP contribution in [-0.2, 0) is 10.0 Å². The lowest BCUT2D eigenvalue weighted by atomic mass is 10.00. The summed E-state index contributed by atoms with van der Waals surface area (Å²) in [5, 5.41) is 3.51. The fraction of sp³-hybridized carbons (Fsp3) is 1.00. The van der Waals surface area contributed by atoms with Crippen molar-refractivity contribution in [3.63, 3.8) is 0 Å². The topological polar surface area (TPSA) is 52.6 Å². The molecule has 1 N–H and O–H groups in total. The molecule has 0 aromatic heterocycles. The molecule has 0 spiro atoms. The van der Waals surface area contributed by atoms with Crippen molar-refractivity contribution in [2.75, 3.05) is 45.5 Å². The Bertz CT molecular complexity index is 395. The Morgan fingerprint density at radius 1 is 1.30 bits per heavy atom. The molecule has 0 bridgehead atoms. The van der Waals surface area contributed by atoms with E-state index in [1.807, 2.05) is 0 Å². The fourth-order valence-corrected chi connectivity index (χ4v) is 4.00. The van der Waals surface area contributed by atoms with Gasteiger partial charge in [0.25, 0.3) is 0 Å². The molecule has 1 unspecified atom stereocenters. The molecule has 1 atom stereocenters. The Kier molecular flexibility index (Phi) is 5.84. The summed E-state index contributed by atoms with van der Waals surface area (Å²) < 4.78 is 24.8. The average molecular weight is 303 g/mol. The number of hydrogen-bond donors (Lipinski definition) is 1. The zero-order valence-electron chi connectivity index (χ0n) is 12.8. The summed E-state index contributed by atoms with van der Waals surface area (Å²) in [6.07, 6.45) is 6.17. The van der Waals surface area contributed by atoms with E-state index in [0.717, 1.165) is 45.1 Å². The van der Waals surface area contributed by atoms with Crippen molar-refractivity contribution in [3.8, 4) is 0 Å². The molecule has 0 aromatic carbocycles. The highest BCUT2D eigenvalue weighted by molar-refractivity contribution is 7.88. The molecule has 0 amide bonds. The first kappa shape index (κ1) is 16.2. The molecule has 2 fully saturated rings. The summed E-state index contributed by atoms with van der Waals surface area (Å²) in [5.41, 5.74) is 0. The maximum atomic E-state index is 11.6. The normalized spacial score (nSPS) is 25.2. The number of nitrogens with zero attached hydrogens (tertiary/aromatic N) is 2. The molecule has 0 radical (unpaired) electrons. The second kappa shape index (κ2) is 7.20. The van der Waals surface area contributed by atoms with Crippen LogP contribution in [0.15, 0.2) is 0 Å². The lowest BCUT2D eigenvalue weighted by molar-refractivity contribution is 0.247. The standard InChI is InChI=1S/C14H29N3O2S/c1-3-16(14-6-7-14)10-8-15-11-13-5-4-9-17(12-13)20(2,18)19/h13-15H,3-12H2,1-2H3. The molecule has 6 heteroatoms. The first-order valence-electron chi connectivity index (χ1n) is 7.90. The zero-order chi connectivity index (χ0) is 14.6. The Labute approximate surface area is 123 Å². The van der Waals surface area contributed by atoms with Gasteiger partial charge in [0, 0.05) is 32.2 Å². The van der Waals surface area contributed by atoms with E-state index in [1.165, 1.54) is 19.1 Å². The summed E-state index contributed by atoms with van der Waals surface area (Å²) in [7, 11) is -3.01. The maximum Gasteiger partial charge on any atom is 0.211 e. The third kappa shape index (κ3) is 4.98. The van der Waals surface area contributed by atoms with Crippen molar-refractivity contribution in [2.24, 2.45) is 5.92 Å². The predicted octanol–water partition coefficient (Wildman–Crippen LogP) is 0.732. The van der Waals surface area contributed by atoms with Crippen LogP contribution in [-0.4, -0.2) is 69.2 Å². The van der Waals surface area contributed by atoms with Gasteiger partial charge in [0.15, 0.2) is 0 Å². The zero-order valence-corrected chi connectivity index (χ0v) is 13.7. The first-order chi connectivity index (χ1) is 9.50. The smallest absolute Gasteiger partial charge is 0.211 e. The number of rotatable bonds is 8. The number of sulfonamides is 1. The van der Waals surface area contributed by atoms with E-state index in [9.17, 15) is 8.42 Å². The summed E-state index contributed by atoms with van der Waals surface area (Å²) in [6, 6.07) is 0.831.